The largest absolute Gasteiger partial charge is 0.383 e. The highest BCUT2D eigenvalue weighted by atomic mass is 32.2. The van der Waals surface area contributed by atoms with E-state index < -0.39 is 9.84 Å². The molecule has 2 rings (SSSR count). The van der Waals surface area contributed by atoms with Crippen LogP contribution < -0.4 is 0 Å². The summed E-state index contributed by atoms with van der Waals surface area (Å²) in [4.78, 5) is 17.9. The standard InChI is InChI=1S/C11H18N4O4S/c1-8-12-10(14-13-8)11(16)15(4-5-19-2)9-3-6-20(17,18)7-9/h9H,3-7H2,1-2H3,(H,12,13,14). The fourth-order valence-corrected chi connectivity index (χ4v) is 3.96. The molecule has 2 heterocycles. The summed E-state index contributed by atoms with van der Waals surface area (Å²) in [5.41, 5.74) is 0. The Kier molecular flexibility index (Phi) is 4.39. The number of carbonyl (C=O) groups excluding carboxylic acids is 1. The van der Waals surface area contributed by atoms with Crippen LogP contribution in [0.5, 0.6) is 0 Å². The first kappa shape index (κ1) is 14.9. The van der Waals surface area contributed by atoms with Crippen molar-refractivity contribution in [2.75, 3.05) is 31.8 Å². The van der Waals surface area contributed by atoms with Crippen LogP contribution in [0.1, 0.15) is 22.9 Å². The van der Waals surface area contributed by atoms with E-state index in [1.54, 1.807) is 6.92 Å². The van der Waals surface area contributed by atoms with Crippen molar-refractivity contribution in [1.29, 1.82) is 0 Å². The number of aryl methyl sites for hydroxylation is 1. The third-order valence-electron chi connectivity index (χ3n) is 3.23. The summed E-state index contributed by atoms with van der Waals surface area (Å²) < 4.78 is 28.1. The minimum Gasteiger partial charge on any atom is -0.383 e. The number of sulfone groups is 1. The zero-order valence-electron chi connectivity index (χ0n) is 11.5. The van der Waals surface area contributed by atoms with E-state index in [9.17, 15) is 13.2 Å². The second-order valence-corrected chi connectivity index (χ2v) is 7.02. The van der Waals surface area contributed by atoms with Gasteiger partial charge < -0.3 is 9.64 Å². The number of H-pyrrole nitrogens is 1. The van der Waals surface area contributed by atoms with Crippen LogP contribution in [0, 0.1) is 6.92 Å². The number of aromatic nitrogens is 3. The van der Waals surface area contributed by atoms with Gasteiger partial charge in [0.2, 0.25) is 5.82 Å². The highest BCUT2D eigenvalue weighted by molar-refractivity contribution is 7.91. The summed E-state index contributed by atoms with van der Waals surface area (Å²) in [6.45, 7) is 2.36. The van der Waals surface area contributed by atoms with Gasteiger partial charge >= 0.3 is 0 Å². The fourth-order valence-electron chi connectivity index (χ4n) is 2.23. The molecule has 0 spiro atoms. The van der Waals surface area contributed by atoms with Gasteiger partial charge in [-0.25, -0.2) is 13.4 Å². The number of hydrogen-bond donors (Lipinski definition) is 1. The van der Waals surface area contributed by atoms with Gasteiger partial charge in [-0.2, -0.15) is 0 Å². The molecule has 1 unspecified atom stereocenters. The lowest BCUT2D eigenvalue weighted by Gasteiger charge is -2.26. The third kappa shape index (κ3) is 3.34. The van der Waals surface area contributed by atoms with E-state index in [1.165, 1.54) is 12.0 Å². The van der Waals surface area contributed by atoms with Crippen LogP contribution in [-0.2, 0) is 14.6 Å². The molecule has 1 aromatic rings. The van der Waals surface area contributed by atoms with Crippen molar-refractivity contribution in [3.8, 4) is 0 Å². The summed E-state index contributed by atoms with van der Waals surface area (Å²) in [5, 5.41) is 6.44. The molecule has 1 fully saturated rings. The molecule has 1 N–H and O–H groups in total. The summed E-state index contributed by atoms with van der Waals surface area (Å²) in [7, 11) is -1.53. The molecule has 112 valence electrons. The van der Waals surface area contributed by atoms with Crippen LogP contribution >= 0.6 is 0 Å². The average molecular weight is 302 g/mol. The molecule has 1 aliphatic heterocycles. The van der Waals surface area contributed by atoms with Crippen LogP contribution in [0.15, 0.2) is 0 Å². The number of rotatable bonds is 5. The number of nitrogens with zero attached hydrogens (tertiary/aromatic N) is 3. The predicted octanol–water partition coefficient (Wildman–Crippen LogP) is -0.611. The van der Waals surface area contributed by atoms with Crippen LogP contribution in [0.25, 0.3) is 0 Å². The van der Waals surface area contributed by atoms with Crippen molar-refractivity contribution in [3.63, 3.8) is 0 Å². The monoisotopic (exact) mass is 302 g/mol. The highest BCUT2D eigenvalue weighted by Crippen LogP contribution is 2.19. The fraction of sp³-hybridized carbons (Fsp3) is 0.727. The molecule has 0 saturated carbocycles. The second kappa shape index (κ2) is 5.88. The van der Waals surface area contributed by atoms with Gasteiger partial charge in [0.15, 0.2) is 9.84 Å². The maximum atomic E-state index is 12.4. The van der Waals surface area contributed by atoms with Gasteiger partial charge in [0.25, 0.3) is 5.91 Å². The Morgan fingerprint density at radius 1 is 1.55 bits per heavy atom. The maximum absolute atomic E-state index is 12.4. The van der Waals surface area contributed by atoms with E-state index in [0.29, 0.717) is 25.4 Å². The molecule has 1 aliphatic rings. The molecule has 0 radical (unpaired) electrons. The Hall–Kier alpha value is -1.48. The quantitative estimate of drug-likeness (QED) is 0.778. The van der Waals surface area contributed by atoms with Crippen LogP contribution in [0.2, 0.25) is 0 Å². The van der Waals surface area contributed by atoms with Crippen molar-refractivity contribution in [2.24, 2.45) is 0 Å². The molecule has 1 aromatic heterocycles. The summed E-state index contributed by atoms with van der Waals surface area (Å²) in [5.74, 6) is 0.336. The van der Waals surface area contributed by atoms with E-state index in [-0.39, 0.29) is 29.3 Å². The second-order valence-electron chi connectivity index (χ2n) is 4.79. The first-order chi connectivity index (χ1) is 9.43. The molecule has 1 saturated heterocycles. The summed E-state index contributed by atoms with van der Waals surface area (Å²) >= 11 is 0. The molecule has 0 aromatic carbocycles. The Balaban J connectivity index is 2.17. The van der Waals surface area contributed by atoms with E-state index in [1.807, 2.05) is 0 Å². The topological polar surface area (TPSA) is 105 Å². The van der Waals surface area contributed by atoms with Gasteiger partial charge in [-0.05, 0) is 13.3 Å². The first-order valence-corrected chi connectivity index (χ1v) is 8.14. The Bertz CT molecular complexity index is 583. The lowest BCUT2D eigenvalue weighted by Crippen LogP contribution is -2.43. The number of aromatic amines is 1. The van der Waals surface area contributed by atoms with Crippen molar-refractivity contribution in [1.82, 2.24) is 20.1 Å². The molecule has 0 aliphatic carbocycles. The SMILES string of the molecule is COCCN(C(=O)c1n[nH]c(C)n1)C1CCS(=O)(=O)C1. The van der Waals surface area contributed by atoms with Gasteiger partial charge in [0.05, 0.1) is 18.1 Å². The molecule has 9 heteroatoms. The van der Waals surface area contributed by atoms with Gasteiger partial charge in [0.1, 0.15) is 5.82 Å². The van der Waals surface area contributed by atoms with E-state index in [0.717, 1.165) is 0 Å². The predicted molar refractivity (Wildman–Crippen MR) is 71.1 cm³/mol. The van der Waals surface area contributed by atoms with Gasteiger partial charge in [-0.15, -0.1) is 5.10 Å². The molecule has 1 atom stereocenters. The van der Waals surface area contributed by atoms with Crippen LogP contribution in [0.3, 0.4) is 0 Å². The lowest BCUT2D eigenvalue weighted by atomic mass is 10.2. The van der Waals surface area contributed by atoms with Crippen molar-refractivity contribution in [2.45, 2.75) is 19.4 Å². The molecule has 8 nitrogen and oxygen atoms in total. The number of amides is 1. The number of methoxy groups -OCH3 is 1. The van der Waals surface area contributed by atoms with E-state index in [4.69, 9.17) is 4.74 Å². The summed E-state index contributed by atoms with van der Waals surface area (Å²) in [6.07, 6.45) is 0.446. The zero-order chi connectivity index (χ0) is 14.8. The molecular weight excluding hydrogens is 284 g/mol. The molecular formula is C11H18N4O4S. The Morgan fingerprint density at radius 3 is 2.80 bits per heavy atom. The maximum Gasteiger partial charge on any atom is 0.293 e. The minimum absolute atomic E-state index is 0.00808. The summed E-state index contributed by atoms with van der Waals surface area (Å²) in [6, 6.07) is -0.332. The number of nitrogens with one attached hydrogen (secondary N) is 1. The van der Waals surface area contributed by atoms with Crippen molar-refractivity contribution < 1.29 is 17.9 Å². The van der Waals surface area contributed by atoms with Crippen molar-refractivity contribution in [3.05, 3.63) is 11.6 Å². The Morgan fingerprint density at radius 2 is 2.30 bits per heavy atom. The van der Waals surface area contributed by atoms with E-state index in [2.05, 4.69) is 15.2 Å². The van der Waals surface area contributed by atoms with Gasteiger partial charge in [-0.1, -0.05) is 0 Å². The molecule has 0 bridgehead atoms. The van der Waals surface area contributed by atoms with E-state index >= 15 is 0 Å². The van der Waals surface area contributed by atoms with Gasteiger partial charge in [0, 0.05) is 19.7 Å². The number of hydrogen-bond acceptors (Lipinski definition) is 6. The van der Waals surface area contributed by atoms with Gasteiger partial charge in [-0.3, -0.25) is 9.89 Å². The number of carbonyl (C=O) groups is 1. The lowest BCUT2D eigenvalue weighted by molar-refractivity contribution is 0.0612. The van der Waals surface area contributed by atoms with Crippen LogP contribution in [0.4, 0.5) is 0 Å². The first-order valence-electron chi connectivity index (χ1n) is 6.32. The highest BCUT2D eigenvalue weighted by Gasteiger charge is 2.35. The molecule has 1 amide bonds. The number of ether oxygens (including phenoxy) is 1. The Labute approximate surface area is 117 Å². The average Bonchev–Trinajstić information content (AvgIpc) is 2.96. The van der Waals surface area contributed by atoms with Crippen molar-refractivity contribution >= 4 is 15.7 Å². The smallest absolute Gasteiger partial charge is 0.293 e. The van der Waals surface area contributed by atoms with Crippen LogP contribution in [-0.4, -0.2) is 72.2 Å². The third-order valence-corrected chi connectivity index (χ3v) is 4.99. The normalized spacial score (nSPS) is 21.0. The zero-order valence-corrected chi connectivity index (χ0v) is 12.3. The molecule has 20 heavy (non-hydrogen) atoms. The minimum atomic E-state index is -3.06.